The number of hydrogen-bond acceptors (Lipinski definition) is 3. The third-order valence-corrected chi connectivity index (χ3v) is 3.53. The zero-order valence-electron chi connectivity index (χ0n) is 12.0. The Morgan fingerprint density at radius 2 is 1.71 bits per heavy atom. The molecule has 108 valence electrons. The van der Waals surface area contributed by atoms with E-state index < -0.39 is 11.8 Å². The molecule has 4 N–H and O–H groups in total. The number of nitrogens with zero attached hydrogens (tertiary/aromatic N) is 1. The summed E-state index contributed by atoms with van der Waals surface area (Å²) < 4.78 is 0. The quantitative estimate of drug-likeness (QED) is 0.893. The number of pyridine rings is 1. The van der Waals surface area contributed by atoms with E-state index >= 15 is 0 Å². The first-order valence-electron chi connectivity index (χ1n) is 6.58. The number of aromatic nitrogens is 1. The maximum Gasteiger partial charge on any atom is 0.267 e. The lowest BCUT2D eigenvalue weighted by atomic mass is 9.94. The van der Waals surface area contributed by atoms with Crippen molar-refractivity contribution in [2.24, 2.45) is 11.5 Å². The molecule has 2 amide bonds. The van der Waals surface area contributed by atoms with E-state index in [0.29, 0.717) is 11.3 Å². The van der Waals surface area contributed by atoms with E-state index in [2.05, 4.69) is 4.98 Å². The number of carbonyl (C=O) groups excluding carboxylic acids is 2. The van der Waals surface area contributed by atoms with Gasteiger partial charge >= 0.3 is 0 Å². The molecule has 0 aliphatic carbocycles. The zero-order chi connectivity index (χ0) is 15.6. The van der Waals surface area contributed by atoms with Crippen LogP contribution in [0.2, 0.25) is 0 Å². The molecule has 0 fully saturated rings. The lowest BCUT2D eigenvalue weighted by Gasteiger charge is -2.15. The van der Waals surface area contributed by atoms with Crippen molar-refractivity contribution < 1.29 is 9.59 Å². The molecule has 0 radical (unpaired) electrons. The summed E-state index contributed by atoms with van der Waals surface area (Å²) in [6.45, 7) is 3.56. The van der Waals surface area contributed by atoms with Gasteiger partial charge in [0.15, 0.2) is 0 Å². The molecule has 0 aliphatic rings. The summed E-state index contributed by atoms with van der Waals surface area (Å²) in [6.07, 6.45) is 0. The molecular formula is C16H17N3O2. The molecule has 0 saturated carbocycles. The van der Waals surface area contributed by atoms with Gasteiger partial charge < -0.3 is 11.5 Å². The van der Waals surface area contributed by atoms with E-state index in [1.54, 1.807) is 13.0 Å². The Morgan fingerprint density at radius 3 is 2.24 bits per heavy atom. The Balaban J connectivity index is 2.59. The molecule has 1 aromatic heterocycles. The highest BCUT2D eigenvalue weighted by Crippen LogP contribution is 2.25. The lowest BCUT2D eigenvalue weighted by Crippen LogP contribution is -2.21. The lowest BCUT2D eigenvalue weighted by molar-refractivity contribution is 0.0994. The zero-order valence-corrected chi connectivity index (χ0v) is 12.0. The van der Waals surface area contributed by atoms with Gasteiger partial charge in [-0.3, -0.25) is 9.59 Å². The SMILES string of the molecule is Cc1c(C(N)=O)cc([C@@H](C)c2ccccc2)nc1C(N)=O. The molecule has 0 spiro atoms. The molecule has 1 heterocycles. The number of amides is 2. The Labute approximate surface area is 123 Å². The van der Waals surface area contributed by atoms with Crippen LogP contribution in [0.1, 0.15) is 50.5 Å². The van der Waals surface area contributed by atoms with Crippen LogP contribution in [0.3, 0.4) is 0 Å². The van der Waals surface area contributed by atoms with E-state index in [0.717, 1.165) is 5.56 Å². The first-order valence-corrected chi connectivity index (χ1v) is 6.58. The minimum atomic E-state index is -0.669. The fraction of sp³-hybridized carbons (Fsp3) is 0.188. The van der Waals surface area contributed by atoms with Crippen LogP contribution in [-0.2, 0) is 0 Å². The summed E-state index contributed by atoms with van der Waals surface area (Å²) in [6, 6.07) is 11.3. The molecular weight excluding hydrogens is 266 g/mol. The number of carbonyl (C=O) groups is 2. The van der Waals surface area contributed by atoms with Gasteiger partial charge in [0, 0.05) is 17.2 Å². The maximum absolute atomic E-state index is 11.6. The molecule has 0 saturated heterocycles. The second-order valence-electron chi connectivity index (χ2n) is 4.93. The Bertz CT molecular complexity index is 661. The summed E-state index contributed by atoms with van der Waals surface area (Å²) in [7, 11) is 0. The Hall–Kier alpha value is -2.69. The van der Waals surface area contributed by atoms with Crippen LogP contribution in [0.4, 0.5) is 0 Å². The van der Waals surface area contributed by atoms with E-state index in [1.165, 1.54) is 0 Å². The van der Waals surface area contributed by atoms with Crippen LogP contribution >= 0.6 is 0 Å². The van der Waals surface area contributed by atoms with Crippen molar-refractivity contribution in [1.29, 1.82) is 0 Å². The average molecular weight is 283 g/mol. The van der Waals surface area contributed by atoms with Gasteiger partial charge in [0.05, 0.1) is 0 Å². The van der Waals surface area contributed by atoms with Gasteiger partial charge in [0.1, 0.15) is 5.69 Å². The molecule has 0 unspecified atom stereocenters. The van der Waals surface area contributed by atoms with Crippen LogP contribution in [0.5, 0.6) is 0 Å². The van der Waals surface area contributed by atoms with E-state index in [1.807, 2.05) is 37.3 Å². The molecule has 2 rings (SSSR count). The molecule has 21 heavy (non-hydrogen) atoms. The molecule has 5 nitrogen and oxygen atoms in total. The predicted octanol–water partition coefficient (Wildman–Crippen LogP) is 1.74. The molecule has 1 aromatic carbocycles. The van der Waals surface area contributed by atoms with E-state index in [4.69, 9.17) is 11.5 Å². The van der Waals surface area contributed by atoms with Crippen LogP contribution in [0, 0.1) is 6.92 Å². The number of nitrogens with two attached hydrogens (primary N) is 2. The first kappa shape index (κ1) is 14.7. The number of primary amides is 2. The fourth-order valence-corrected chi connectivity index (χ4v) is 2.26. The molecule has 0 bridgehead atoms. The topological polar surface area (TPSA) is 99.1 Å². The standard InChI is InChI=1S/C16H17N3O2/c1-9(11-6-4-3-5-7-11)13-8-12(15(17)20)10(2)14(19-13)16(18)21/h3-9H,1-2H3,(H2,17,20)(H2,18,21)/t9-/m0/s1. The Morgan fingerprint density at radius 1 is 1.10 bits per heavy atom. The minimum Gasteiger partial charge on any atom is -0.366 e. The summed E-state index contributed by atoms with van der Waals surface area (Å²) in [5.41, 5.74) is 13.1. The molecule has 0 aliphatic heterocycles. The van der Waals surface area contributed by atoms with Gasteiger partial charge in [-0.15, -0.1) is 0 Å². The summed E-state index contributed by atoms with van der Waals surface area (Å²) in [5.74, 6) is -1.35. The van der Waals surface area contributed by atoms with Gasteiger partial charge in [0.25, 0.3) is 5.91 Å². The highest BCUT2D eigenvalue weighted by atomic mass is 16.1. The van der Waals surface area contributed by atoms with Crippen molar-refractivity contribution >= 4 is 11.8 Å². The first-order chi connectivity index (χ1) is 9.91. The number of hydrogen-bond donors (Lipinski definition) is 2. The van der Waals surface area contributed by atoms with Crippen LogP contribution in [0.25, 0.3) is 0 Å². The van der Waals surface area contributed by atoms with Crippen molar-refractivity contribution in [3.63, 3.8) is 0 Å². The Kier molecular flexibility index (Phi) is 4.03. The maximum atomic E-state index is 11.6. The summed E-state index contributed by atoms with van der Waals surface area (Å²) >= 11 is 0. The average Bonchev–Trinajstić information content (AvgIpc) is 2.47. The van der Waals surface area contributed by atoms with Crippen molar-refractivity contribution in [3.8, 4) is 0 Å². The molecule has 1 atom stereocenters. The third-order valence-electron chi connectivity index (χ3n) is 3.53. The van der Waals surface area contributed by atoms with Gasteiger partial charge in [-0.1, -0.05) is 37.3 Å². The highest BCUT2D eigenvalue weighted by Gasteiger charge is 2.19. The van der Waals surface area contributed by atoms with E-state index in [-0.39, 0.29) is 17.2 Å². The van der Waals surface area contributed by atoms with E-state index in [9.17, 15) is 9.59 Å². The molecule has 5 heteroatoms. The summed E-state index contributed by atoms with van der Waals surface area (Å²) in [4.78, 5) is 27.4. The number of benzene rings is 1. The largest absolute Gasteiger partial charge is 0.366 e. The van der Waals surface area contributed by atoms with Crippen molar-refractivity contribution in [1.82, 2.24) is 4.98 Å². The van der Waals surface area contributed by atoms with Crippen molar-refractivity contribution in [2.75, 3.05) is 0 Å². The normalized spacial score (nSPS) is 11.9. The van der Waals surface area contributed by atoms with Gasteiger partial charge in [-0.05, 0) is 24.1 Å². The van der Waals surface area contributed by atoms with Crippen LogP contribution in [-0.4, -0.2) is 16.8 Å². The second-order valence-corrected chi connectivity index (χ2v) is 4.93. The van der Waals surface area contributed by atoms with Crippen molar-refractivity contribution in [3.05, 3.63) is 64.5 Å². The highest BCUT2D eigenvalue weighted by molar-refractivity contribution is 5.99. The molecule has 2 aromatic rings. The van der Waals surface area contributed by atoms with Gasteiger partial charge in [0.2, 0.25) is 5.91 Å². The summed E-state index contributed by atoms with van der Waals surface area (Å²) in [5, 5.41) is 0. The van der Waals surface area contributed by atoms with Gasteiger partial charge in [-0.25, -0.2) is 4.98 Å². The third kappa shape index (κ3) is 2.91. The van der Waals surface area contributed by atoms with Crippen molar-refractivity contribution in [2.45, 2.75) is 19.8 Å². The monoisotopic (exact) mass is 283 g/mol. The van der Waals surface area contributed by atoms with Crippen LogP contribution < -0.4 is 11.5 Å². The predicted molar refractivity (Wildman–Crippen MR) is 80.0 cm³/mol. The fourth-order valence-electron chi connectivity index (χ4n) is 2.26. The smallest absolute Gasteiger partial charge is 0.267 e. The second kappa shape index (κ2) is 5.75. The van der Waals surface area contributed by atoms with Gasteiger partial charge in [-0.2, -0.15) is 0 Å². The minimum absolute atomic E-state index is 0.0806. The van der Waals surface area contributed by atoms with Crippen LogP contribution in [0.15, 0.2) is 36.4 Å². The number of rotatable bonds is 4.